The van der Waals surface area contributed by atoms with Gasteiger partial charge >= 0.3 is 6.03 Å². The molecule has 2 aromatic rings. The number of aryl methyl sites for hydroxylation is 2. The molecule has 0 unspecified atom stereocenters. The Labute approximate surface area is 180 Å². The van der Waals surface area contributed by atoms with Crippen molar-refractivity contribution in [3.8, 4) is 5.75 Å². The molecule has 0 atom stereocenters. The maximum Gasteiger partial charge on any atom is 0.328 e. The number of ether oxygens (including phenoxy) is 1. The van der Waals surface area contributed by atoms with Crippen molar-refractivity contribution >= 4 is 51.4 Å². The van der Waals surface area contributed by atoms with Crippen LogP contribution in [0.3, 0.4) is 0 Å². The number of nitrogens with one attached hydrogen (secondary N) is 3. The van der Waals surface area contributed by atoms with Gasteiger partial charge in [0.25, 0.3) is 17.7 Å². The number of halogens is 1. The van der Waals surface area contributed by atoms with Crippen molar-refractivity contribution < 1.29 is 23.9 Å². The number of benzene rings is 2. The lowest BCUT2D eigenvalue weighted by Gasteiger charge is -2.14. The van der Waals surface area contributed by atoms with Gasteiger partial charge in [0.05, 0.1) is 4.47 Å². The number of carbonyl (C=O) groups is 4. The average Bonchev–Trinajstić information content (AvgIpc) is 2.67. The van der Waals surface area contributed by atoms with E-state index >= 15 is 0 Å². The van der Waals surface area contributed by atoms with Crippen molar-refractivity contribution in [3.05, 3.63) is 63.1 Å². The second-order valence-electron chi connectivity index (χ2n) is 6.62. The first-order valence-corrected chi connectivity index (χ1v) is 9.70. The molecule has 0 radical (unpaired) electrons. The predicted octanol–water partition coefficient (Wildman–Crippen LogP) is 2.83. The van der Waals surface area contributed by atoms with E-state index in [1.807, 2.05) is 42.7 Å². The second kappa shape index (κ2) is 8.91. The minimum atomic E-state index is -0.855. The highest BCUT2D eigenvalue weighted by molar-refractivity contribution is 9.10. The highest BCUT2D eigenvalue weighted by Gasteiger charge is 2.27. The molecule has 3 rings (SSSR count). The molecule has 1 fully saturated rings. The fourth-order valence-corrected chi connectivity index (χ4v) is 3.17. The summed E-state index contributed by atoms with van der Waals surface area (Å²) in [4.78, 5) is 46.8. The van der Waals surface area contributed by atoms with E-state index in [9.17, 15) is 19.2 Å². The molecule has 3 N–H and O–H groups in total. The third-order valence-corrected chi connectivity index (χ3v) is 4.98. The first-order valence-electron chi connectivity index (χ1n) is 8.91. The second-order valence-corrected chi connectivity index (χ2v) is 7.48. The maximum absolute atomic E-state index is 12.1. The van der Waals surface area contributed by atoms with Gasteiger partial charge in [-0.1, -0.05) is 12.1 Å². The van der Waals surface area contributed by atoms with Crippen LogP contribution in [0, 0.1) is 13.8 Å². The summed E-state index contributed by atoms with van der Waals surface area (Å²) < 4.78 is 6.07. The van der Waals surface area contributed by atoms with Crippen molar-refractivity contribution in [3.63, 3.8) is 0 Å². The molecule has 9 heteroatoms. The van der Waals surface area contributed by atoms with Gasteiger partial charge < -0.3 is 10.1 Å². The lowest BCUT2D eigenvalue weighted by atomic mass is 10.1. The molecular weight excluding hydrogens is 454 g/mol. The van der Waals surface area contributed by atoms with Gasteiger partial charge in [-0.15, -0.1) is 0 Å². The van der Waals surface area contributed by atoms with Crippen LogP contribution in [0.2, 0.25) is 0 Å². The minimum absolute atomic E-state index is 0.192. The Balaban J connectivity index is 1.64. The topological polar surface area (TPSA) is 114 Å². The lowest BCUT2D eigenvalue weighted by molar-refractivity contribution is -0.124. The molecule has 0 saturated carbocycles. The number of barbiturate groups is 1. The van der Waals surface area contributed by atoms with Crippen LogP contribution >= 0.6 is 15.9 Å². The number of carbonyl (C=O) groups excluding carboxylic acids is 4. The van der Waals surface area contributed by atoms with E-state index in [4.69, 9.17) is 4.74 Å². The summed E-state index contributed by atoms with van der Waals surface area (Å²) in [7, 11) is 0. The Morgan fingerprint density at radius 2 is 1.73 bits per heavy atom. The van der Waals surface area contributed by atoms with Crippen molar-refractivity contribution in [2.45, 2.75) is 13.8 Å². The van der Waals surface area contributed by atoms with E-state index in [0.29, 0.717) is 21.5 Å². The highest BCUT2D eigenvalue weighted by atomic mass is 79.9. The first-order chi connectivity index (χ1) is 14.2. The van der Waals surface area contributed by atoms with E-state index < -0.39 is 17.8 Å². The summed E-state index contributed by atoms with van der Waals surface area (Å²) in [5.41, 5.74) is 3.24. The van der Waals surface area contributed by atoms with Crippen molar-refractivity contribution in [1.29, 1.82) is 0 Å². The van der Waals surface area contributed by atoms with Crippen LogP contribution in [-0.4, -0.2) is 30.4 Å². The summed E-state index contributed by atoms with van der Waals surface area (Å²) in [5.74, 6) is -1.44. The van der Waals surface area contributed by atoms with Crippen LogP contribution in [0.1, 0.15) is 16.7 Å². The van der Waals surface area contributed by atoms with E-state index in [2.05, 4.69) is 21.2 Å². The molecule has 0 aromatic heterocycles. The monoisotopic (exact) mass is 471 g/mol. The molecule has 0 bridgehead atoms. The van der Waals surface area contributed by atoms with Gasteiger partial charge in [-0.05, 0) is 76.8 Å². The van der Waals surface area contributed by atoms with Crippen LogP contribution in [-0.2, 0) is 14.4 Å². The molecule has 30 heavy (non-hydrogen) atoms. The van der Waals surface area contributed by atoms with E-state index in [1.54, 1.807) is 18.2 Å². The molecule has 8 nitrogen and oxygen atoms in total. The normalized spacial score (nSPS) is 13.4. The van der Waals surface area contributed by atoms with Crippen LogP contribution < -0.4 is 20.7 Å². The van der Waals surface area contributed by atoms with Gasteiger partial charge in [0, 0.05) is 5.69 Å². The predicted molar refractivity (Wildman–Crippen MR) is 114 cm³/mol. The van der Waals surface area contributed by atoms with E-state index in [1.165, 1.54) is 6.08 Å². The standard InChI is InChI=1S/C21H18BrN3O5/c1-11-3-5-14(7-12(11)2)23-18(26)10-30-17-6-4-13(9-16(17)22)8-15-19(27)24-21(29)25-20(15)28/h3-9H,10H2,1-2H3,(H,23,26)(H2,24,25,27,28,29). The average molecular weight is 472 g/mol. The molecule has 5 amide bonds. The molecule has 0 aliphatic carbocycles. The number of hydrogen-bond donors (Lipinski definition) is 3. The Hall–Kier alpha value is -3.46. The third kappa shape index (κ3) is 5.12. The van der Waals surface area contributed by atoms with Crippen LogP contribution in [0.4, 0.5) is 10.5 Å². The molecule has 1 heterocycles. The zero-order valence-electron chi connectivity index (χ0n) is 16.2. The van der Waals surface area contributed by atoms with Crippen molar-refractivity contribution in [1.82, 2.24) is 10.6 Å². The highest BCUT2D eigenvalue weighted by Crippen LogP contribution is 2.27. The summed E-state index contributed by atoms with van der Waals surface area (Å²) in [6, 6.07) is 9.62. The number of hydrogen-bond acceptors (Lipinski definition) is 5. The Bertz CT molecular complexity index is 1070. The zero-order chi connectivity index (χ0) is 21.8. The molecule has 2 aromatic carbocycles. The van der Waals surface area contributed by atoms with E-state index in [-0.39, 0.29) is 18.1 Å². The van der Waals surface area contributed by atoms with Gasteiger partial charge in [0.1, 0.15) is 11.3 Å². The van der Waals surface area contributed by atoms with Gasteiger partial charge in [-0.2, -0.15) is 0 Å². The Morgan fingerprint density at radius 1 is 1.03 bits per heavy atom. The quantitative estimate of drug-likeness (QED) is 0.458. The molecule has 1 saturated heterocycles. The van der Waals surface area contributed by atoms with Crippen LogP contribution in [0.15, 0.2) is 46.4 Å². The Morgan fingerprint density at radius 3 is 2.37 bits per heavy atom. The Kier molecular flexibility index (Phi) is 6.31. The molecular formula is C21H18BrN3O5. The molecule has 1 aliphatic rings. The summed E-state index contributed by atoms with van der Waals surface area (Å²) in [5, 5.41) is 6.79. The van der Waals surface area contributed by atoms with Gasteiger partial charge in [0.15, 0.2) is 6.61 Å². The fraction of sp³-hybridized carbons (Fsp3) is 0.143. The van der Waals surface area contributed by atoms with Gasteiger partial charge in [-0.25, -0.2) is 4.79 Å². The largest absolute Gasteiger partial charge is 0.483 e. The van der Waals surface area contributed by atoms with Crippen molar-refractivity contribution in [2.75, 3.05) is 11.9 Å². The lowest BCUT2D eigenvalue weighted by Crippen LogP contribution is -2.51. The summed E-state index contributed by atoms with van der Waals surface area (Å²) >= 11 is 3.35. The summed E-state index contributed by atoms with van der Waals surface area (Å²) in [6.45, 7) is 3.76. The van der Waals surface area contributed by atoms with Gasteiger partial charge in [0.2, 0.25) is 0 Å². The minimum Gasteiger partial charge on any atom is -0.483 e. The van der Waals surface area contributed by atoms with Crippen LogP contribution in [0.25, 0.3) is 6.08 Å². The maximum atomic E-state index is 12.1. The third-order valence-electron chi connectivity index (χ3n) is 4.36. The van der Waals surface area contributed by atoms with Crippen LogP contribution in [0.5, 0.6) is 5.75 Å². The van der Waals surface area contributed by atoms with Crippen molar-refractivity contribution in [2.24, 2.45) is 0 Å². The number of urea groups is 1. The summed E-state index contributed by atoms with van der Waals surface area (Å²) in [6.07, 6.45) is 1.35. The molecule has 154 valence electrons. The smallest absolute Gasteiger partial charge is 0.328 e. The fourth-order valence-electron chi connectivity index (χ4n) is 2.66. The SMILES string of the molecule is Cc1ccc(NC(=O)COc2ccc(C=C3C(=O)NC(=O)NC3=O)cc2Br)cc1C. The van der Waals surface area contributed by atoms with E-state index in [0.717, 1.165) is 11.1 Å². The number of amides is 5. The molecule has 0 spiro atoms. The zero-order valence-corrected chi connectivity index (χ0v) is 17.8. The first kappa shape index (κ1) is 21.3. The number of imide groups is 2. The number of rotatable bonds is 5. The number of anilines is 1. The molecule has 1 aliphatic heterocycles. The van der Waals surface area contributed by atoms with Gasteiger partial charge in [-0.3, -0.25) is 25.0 Å².